The van der Waals surface area contributed by atoms with Crippen LogP contribution < -0.4 is 4.74 Å². The Labute approximate surface area is 194 Å². The molecule has 1 heterocycles. The van der Waals surface area contributed by atoms with Gasteiger partial charge in [-0.05, 0) is 24.3 Å². The molecule has 0 fully saturated rings. The maximum Gasteiger partial charge on any atom is 0.338 e. The predicted molar refractivity (Wildman–Crippen MR) is 119 cm³/mol. The van der Waals surface area contributed by atoms with E-state index in [1.165, 1.54) is 24.3 Å². The molecule has 0 saturated heterocycles. The lowest BCUT2D eigenvalue weighted by Crippen LogP contribution is -2.34. The van der Waals surface area contributed by atoms with Gasteiger partial charge in [-0.3, -0.25) is 0 Å². The van der Waals surface area contributed by atoms with Crippen LogP contribution in [-0.4, -0.2) is 47.8 Å². The first-order valence-corrected chi connectivity index (χ1v) is 10.3. The van der Waals surface area contributed by atoms with Crippen LogP contribution in [0.1, 0.15) is 41.4 Å². The zero-order valence-corrected chi connectivity index (χ0v) is 18.3. The number of fused-ring (bicyclic) bond motifs is 1. The summed E-state index contributed by atoms with van der Waals surface area (Å²) in [6.45, 7) is 4.00. The van der Waals surface area contributed by atoms with Crippen LogP contribution in [0.25, 0.3) is 0 Å². The highest BCUT2D eigenvalue weighted by atomic mass is 16.6. The normalized spacial score (nSPS) is 16.4. The Balaban J connectivity index is 0.00000158. The highest BCUT2D eigenvalue weighted by Crippen LogP contribution is 2.44. The Morgan fingerprint density at radius 2 is 1.47 bits per heavy atom. The van der Waals surface area contributed by atoms with E-state index in [1.54, 1.807) is 0 Å². The van der Waals surface area contributed by atoms with Gasteiger partial charge in [0.25, 0.3) is 0 Å². The molecule has 0 saturated carbocycles. The molecule has 10 nitrogen and oxygen atoms in total. The summed E-state index contributed by atoms with van der Waals surface area (Å²) in [6, 6.07) is 8.07. The fourth-order valence-electron chi connectivity index (χ4n) is 3.48. The maximum atomic E-state index is 12.7. The molecule has 0 bridgehead atoms. The Bertz CT molecular complexity index is 1200. The number of carbonyl (C=O) groups is 1. The Hall–Kier alpha value is -4.47. The van der Waals surface area contributed by atoms with Crippen LogP contribution in [-0.2, 0) is 11.2 Å². The summed E-state index contributed by atoms with van der Waals surface area (Å²) in [6.07, 6.45) is -2.12. The van der Waals surface area contributed by atoms with Crippen molar-refractivity contribution in [1.29, 1.82) is 0 Å². The molecule has 0 unspecified atom stereocenters. The molecular weight excluding hydrogens is 448 g/mol. The largest absolute Gasteiger partial charge is 0.508 e. The molecular formula is C24H24O10. The van der Waals surface area contributed by atoms with Crippen LogP contribution >= 0.6 is 0 Å². The Kier molecular flexibility index (Phi) is 6.81. The molecule has 1 aliphatic rings. The van der Waals surface area contributed by atoms with Crippen LogP contribution in [0.5, 0.6) is 46.0 Å². The third-order valence-corrected chi connectivity index (χ3v) is 5.06. The topological polar surface area (TPSA) is 177 Å². The number of benzene rings is 3. The average Bonchev–Trinajstić information content (AvgIpc) is 2.80. The van der Waals surface area contributed by atoms with E-state index in [4.69, 9.17) is 9.47 Å². The second-order valence-corrected chi connectivity index (χ2v) is 7.24. The zero-order valence-electron chi connectivity index (χ0n) is 18.3. The summed E-state index contributed by atoms with van der Waals surface area (Å²) >= 11 is 0. The molecule has 0 amide bonds. The molecule has 0 aromatic heterocycles. The van der Waals surface area contributed by atoms with Gasteiger partial charge < -0.3 is 45.2 Å². The predicted octanol–water partition coefficient (Wildman–Crippen LogP) is 3.55. The van der Waals surface area contributed by atoms with Gasteiger partial charge in [0, 0.05) is 29.7 Å². The van der Waals surface area contributed by atoms with Crippen molar-refractivity contribution in [1.82, 2.24) is 0 Å². The SMILES string of the molecule is CC.O=C(O[C@@H]1Cc2c(O)cc(O)cc2O[C@@H]1c1ccc(O)c(O)c1)c1cc(O)c(O)c(O)c1. The minimum Gasteiger partial charge on any atom is -0.508 e. The second-order valence-electron chi connectivity index (χ2n) is 7.24. The molecule has 34 heavy (non-hydrogen) atoms. The quantitative estimate of drug-likeness (QED) is 0.220. The lowest BCUT2D eigenvalue weighted by Gasteiger charge is -2.34. The van der Waals surface area contributed by atoms with E-state index in [1.807, 2.05) is 13.8 Å². The van der Waals surface area contributed by atoms with Crippen molar-refractivity contribution in [3.05, 3.63) is 59.2 Å². The molecule has 0 radical (unpaired) electrons. The first-order chi connectivity index (χ1) is 16.1. The number of esters is 1. The number of carbonyl (C=O) groups excluding carboxylic acids is 1. The summed E-state index contributed by atoms with van der Waals surface area (Å²) in [4.78, 5) is 12.7. The minimum absolute atomic E-state index is 0.0461. The first kappa shape index (κ1) is 24.2. The number of aromatic hydroxyl groups is 7. The molecule has 180 valence electrons. The van der Waals surface area contributed by atoms with E-state index in [0.29, 0.717) is 5.56 Å². The Morgan fingerprint density at radius 1 is 0.824 bits per heavy atom. The van der Waals surface area contributed by atoms with Crippen molar-refractivity contribution in [2.45, 2.75) is 32.5 Å². The number of hydrogen-bond donors (Lipinski definition) is 7. The number of phenols is 7. The van der Waals surface area contributed by atoms with E-state index in [9.17, 15) is 40.5 Å². The van der Waals surface area contributed by atoms with Crippen LogP contribution in [0, 0.1) is 0 Å². The highest BCUT2D eigenvalue weighted by molar-refractivity contribution is 5.91. The highest BCUT2D eigenvalue weighted by Gasteiger charge is 2.37. The molecule has 3 aromatic carbocycles. The van der Waals surface area contributed by atoms with Crippen molar-refractivity contribution >= 4 is 5.97 Å². The van der Waals surface area contributed by atoms with E-state index in [0.717, 1.165) is 18.2 Å². The molecule has 2 atom stereocenters. The molecule has 4 rings (SSSR count). The van der Waals surface area contributed by atoms with Gasteiger partial charge in [0.1, 0.15) is 23.4 Å². The fraction of sp³-hybridized carbons (Fsp3) is 0.208. The molecule has 0 spiro atoms. The van der Waals surface area contributed by atoms with Crippen LogP contribution in [0.3, 0.4) is 0 Å². The van der Waals surface area contributed by atoms with E-state index < -0.39 is 41.2 Å². The van der Waals surface area contributed by atoms with E-state index >= 15 is 0 Å². The van der Waals surface area contributed by atoms with E-state index in [-0.39, 0.29) is 40.5 Å². The summed E-state index contributed by atoms with van der Waals surface area (Å²) < 4.78 is 11.4. The third-order valence-electron chi connectivity index (χ3n) is 5.06. The monoisotopic (exact) mass is 472 g/mol. The third kappa shape index (κ3) is 4.65. The lowest BCUT2D eigenvalue weighted by molar-refractivity contribution is -0.0189. The molecule has 1 aliphatic heterocycles. The fourth-order valence-corrected chi connectivity index (χ4v) is 3.48. The second kappa shape index (κ2) is 9.57. The van der Waals surface area contributed by atoms with Gasteiger partial charge in [-0.2, -0.15) is 0 Å². The number of rotatable bonds is 3. The first-order valence-electron chi connectivity index (χ1n) is 10.3. The van der Waals surface area contributed by atoms with Gasteiger partial charge in [0.05, 0.1) is 5.56 Å². The molecule has 10 heteroatoms. The minimum atomic E-state index is -1.06. The molecule has 3 aromatic rings. The number of phenolic OH excluding ortho intramolecular Hbond substituents is 7. The van der Waals surface area contributed by atoms with Crippen molar-refractivity contribution < 1.29 is 50.0 Å². The number of ether oxygens (including phenoxy) is 2. The van der Waals surface area contributed by atoms with Gasteiger partial charge >= 0.3 is 5.97 Å². The van der Waals surface area contributed by atoms with Gasteiger partial charge in [-0.25, -0.2) is 4.79 Å². The van der Waals surface area contributed by atoms with Crippen molar-refractivity contribution in [3.8, 4) is 46.0 Å². The zero-order chi connectivity index (χ0) is 25.2. The smallest absolute Gasteiger partial charge is 0.338 e. The molecule has 0 aliphatic carbocycles. The van der Waals surface area contributed by atoms with Gasteiger partial charge in [0.15, 0.2) is 34.9 Å². The Morgan fingerprint density at radius 3 is 2.09 bits per heavy atom. The van der Waals surface area contributed by atoms with Crippen LogP contribution in [0.4, 0.5) is 0 Å². The lowest BCUT2D eigenvalue weighted by atomic mass is 9.93. The average molecular weight is 472 g/mol. The van der Waals surface area contributed by atoms with Gasteiger partial charge in [-0.15, -0.1) is 0 Å². The van der Waals surface area contributed by atoms with Crippen molar-refractivity contribution in [2.24, 2.45) is 0 Å². The summed E-state index contributed by atoms with van der Waals surface area (Å²) in [7, 11) is 0. The standard InChI is InChI=1S/C22H18O10.C2H6/c23-11-6-14(25)12-8-19(32-22(30)10-4-16(27)20(29)17(28)5-10)21(31-18(12)7-11)9-1-2-13(24)15(26)3-9;1-2/h1-7,19,21,23-29H,8H2;1-2H3/t19-,21-;/m1./s1. The van der Waals surface area contributed by atoms with Crippen LogP contribution in [0.2, 0.25) is 0 Å². The van der Waals surface area contributed by atoms with Gasteiger partial charge in [0.2, 0.25) is 0 Å². The molecule has 7 N–H and O–H groups in total. The summed E-state index contributed by atoms with van der Waals surface area (Å²) in [5.74, 6) is -4.43. The van der Waals surface area contributed by atoms with Gasteiger partial charge in [-0.1, -0.05) is 19.9 Å². The van der Waals surface area contributed by atoms with Crippen LogP contribution in [0.15, 0.2) is 42.5 Å². The van der Waals surface area contributed by atoms with Crippen molar-refractivity contribution in [2.75, 3.05) is 0 Å². The maximum absolute atomic E-state index is 12.7. The number of hydrogen-bond acceptors (Lipinski definition) is 10. The van der Waals surface area contributed by atoms with Crippen molar-refractivity contribution in [3.63, 3.8) is 0 Å². The summed E-state index contributed by atoms with van der Waals surface area (Å²) in [5, 5.41) is 68.2. The van der Waals surface area contributed by atoms with E-state index in [2.05, 4.69) is 0 Å². The summed E-state index contributed by atoms with van der Waals surface area (Å²) in [5.41, 5.74) is 0.324.